The normalized spacial score (nSPS) is 21.2. The van der Waals surface area contributed by atoms with Crippen molar-refractivity contribution in [3.8, 4) is 0 Å². The first-order chi connectivity index (χ1) is 7.88. The molecule has 3 nitrogen and oxygen atoms in total. The van der Waals surface area contributed by atoms with Gasteiger partial charge in [0.1, 0.15) is 6.17 Å². The molecule has 1 N–H and O–H groups in total. The molecule has 1 unspecified atom stereocenters. The first kappa shape index (κ1) is 13.4. The Hall–Kier alpha value is -0.670. The van der Waals surface area contributed by atoms with E-state index in [4.69, 9.17) is 5.11 Å². The molecular formula is C13H24N2O. The monoisotopic (exact) mass is 224 g/mol. The van der Waals surface area contributed by atoms with Crippen LogP contribution in [0.1, 0.15) is 39.0 Å². The van der Waals surface area contributed by atoms with Crippen LogP contribution < -0.4 is 0 Å². The Balaban J connectivity index is 2.09. The zero-order valence-electron chi connectivity index (χ0n) is 10.3. The highest BCUT2D eigenvalue weighted by Crippen LogP contribution is 2.13. The van der Waals surface area contributed by atoms with E-state index in [1.165, 1.54) is 19.3 Å². The molecular weight excluding hydrogens is 200 g/mol. The maximum absolute atomic E-state index is 8.90. The van der Waals surface area contributed by atoms with Crippen molar-refractivity contribution in [2.45, 2.75) is 45.2 Å². The smallest absolute Gasteiger partial charge is 0.102 e. The van der Waals surface area contributed by atoms with Crippen molar-refractivity contribution in [3.05, 3.63) is 12.2 Å². The number of hydrogen-bond acceptors (Lipinski definition) is 3. The van der Waals surface area contributed by atoms with Gasteiger partial charge in [-0.05, 0) is 25.7 Å². The van der Waals surface area contributed by atoms with Gasteiger partial charge in [0.25, 0.3) is 0 Å². The SMILES string of the molecule is CCC/C=C/CCCC1N=CCN1CCO. The molecule has 1 rings (SSSR count). The summed E-state index contributed by atoms with van der Waals surface area (Å²) in [4.78, 5) is 6.67. The second-order valence-corrected chi connectivity index (χ2v) is 4.22. The predicted molar refractivity (Wildman–Crippen MR) is 68.8 cm³/mol. The maximum atomic E-state index is 8.90. The number of nitrogens with zero attached hydrogens (tertiary/aromatic N) is 2. The minimum atomic E-state index is 0.232. The summed E-state index contributed by atoms with van der Waals surface area (Å²) in [5.74, 6) is 0. The zero-order chi connectivity index (χ0) is 11.6. The first-order valence-electron chi connectivity index (χ1n) is 6.40. The topological polar surface area (TPSA) is 35.8 Å². The lowest BCUT2D eigenvalue weighted by atomic mass is 10.1. The van der Waals surface area contributed by atoms with E-state index in [1.807, 2.05) is 6.21 Å². The van der Waals surface area contributed by atoms with Gasteiger partial charge >= 0.3 is 0 Å². The molecule has 0 bridgehead atoms. The molecule has 0 aromatic heterocycles. The molecule has 1 aliphatic rings. The van der Waals surface area contributed by atoms with Crippen LogP contribution in [0.3, 0.4) is 0 Å². The maximum Gasteiger partial charge on any atom is 0.102 e. The average molecular weight is 224 g/mol. The van der Waals surface area contributed by atoms with Gasteiger partial charge in [-0.2, -0.15) is 0 Å². The average Bonchev–Trinajstić information content (AvgIpc) is 2.72. The van der Waals surface area contributed by atoms with Crippen molar-refractivity contribution in [2.75, 3.05) is 19.7 Å². The van der Waals surface area contributed by atoms with Crippen molar-refractivity contribution in [1.82, 2.24) is 4.90 Å². The van der Waals surface area contributed by atoms with Crippen LogP contribution in [0, 0.1) is 0 Å². The summed E-state index contributed by atoms with van der Waals surface area (Å²) >= 11 is 0. The molecule has 0 fully saturated rings. The standard InChI is InChI=1S/C13H24N2O/c1-2-3-4-5-6-7-8-13-14-9-10-15(13)11-12-16/h4-5,9,13,16H,2-3,6-8,10-12H2,1H3/b5-4+. The van der Waals surface area contributed by atoms with Crippen LogP contribution in [0.25, 0.3) is 0 Å². The molecule has 1 heterocycles. The van der Waals surface area contributed by atoms with Crippen molar-refractivity contribution < 1.29 is 5.11 Å². The molecule has 3 heteroatoms. The van der Waals surface area contributed by atoms with Crippen LogP contribution in [0.4, 0.5) is 0 Å². The number of allylic oxidation sites excluding steroid dienone is 2. The number of aliphatic hydroxyl groups is 1. The Morgan fingerprint density at radius 3 is 3.00 bits per heavy atom. The number of aliphatic imine (C=N–C) groups is 1. The highest BCUT2D eigenvalue weighted by atomic mass is 16.3. The third kappa shape index (κ3) is 4.90. The van der Waals surface area contributed by atoms with E-state index in [0.717, 1.165) is 25.9 Å². The molecule has 0 aromatic carbocycles. The number of rotatable bonds is 8. The summed E-state index contributed by atoms with van der Waals surface area (Å²) in [7, 11) is 0. The molecule has 0 aromatic rings. The minimum absolute atomic E-state index is 0.232. The van der Waals surface area contributed by atoms with Crippen molar-refractivity contribution >= 4 is 6.21 Å². The van der Waals surface area contributed by atoms with E-state index in [1.54, 1.807) is 0 Å². The lowest BCUT2D eigenvalue weighted by Gasteiger charge is -2.21. The Bertz CT molecular complexity index is 226. The molecule has 16 heavy (non-hydrogen) atoms. The van der Waals surface area contributed by atoms with Gasteiger partial charge in [0, 0.05) is 19.3 Å². The summed E-state index contributed by atoms with van der Waals surface area (Å²) in [6.07, 6.45) is 12.7. The fourth-order valence-electron chi connectivity index (χ4n) is 1.94. The minimum Gasteiger partial charge on any atom is -0.395 e. The zero-order valence-corrected chi connectivity index (χ0v) is 10.3. The third-order valence-corrected chi connectivity index (χ3v) is 2.86. The summed E-state index contributed by atoms with van der Waals surface area (Å²) in [5.41, 5.74) is 0. The Kier molecular flexibility index (Phi) is 7.10. The molecule has 0 amide bonds. The van der Waals surface area contributed by atoms with Gasteiger partial charge in [-0.25, -0.2) is 0 Å². The number of unbranched alkanes of at least 4 members (excludes halogenated alkanes) is 2. The molecule has 1 atom stereocenters. The molecule has 0 aliphatic carbocycles. The molecule has 0 saturated carbocycles. The number of hydrogen-bond donors (Lipinski definition) is 1. The predicted octanol–water partition coefficient (Wildman–Crippen LogP) is 2.22. The van der Waals surface area contributed by atoms with Crippen molar-refractivity contribution in [3.63, 3.8) is 0 Å². The van der Waals surface area contributed by atoms with E-state index in [9.17, 15) is 0 Å². The van der Waals surface area contributed by atoms with Crippen LogP contribution in [-0.4, -0.2) is 42.1 Å². The van der Waals surface area contributed by atoms with Gasteiger partial charge in [-0.1, -0.05) is 25.5 Å². The first-order valence-corrected chi connectivity index (χ1v) is 6.40. The molecule has 0 spiro atoms. The van der Waals surface area contributed by atoms with Crippen LogP contribution in [0.5, 0.6) is 0 Å². The molecule has 1 aliphatic heterocycles. The third-order valence-electron chi connectivity index (χ3n) is 2.86. The second-order valence-electron chi connectivity index (χ2n) is 4.22. The van der Waals surface area contributed by atoms with Gasteiger partial charge in [0.15, 0.2) is 0 Å². The van der Waals surface area contributed by atoms with E-state index < -0.39 is 0 Å². The van der Waals surface area contributed by atoms with Crippen LogP contribution in [0.15, 0.2) is 17.1 Å². The van der Waals surface area contributed by atoms with Crippen LogP contribution in [-0.2, 0) is 0 Å². The summed E-state index contributed by atoms with van der Waals surface area (Å²) in [5, 5.41) is 8.90. The van der Waals surface area contributed by atoms with Gasteiger partial charge in [0.05, 0.1) is 6.61 Å². The highest BCUT2D eigenvalue weighted by molar-refractivity contribution is 5.62. The lowest BCUT2D eigenvalue weighted by Crippen LogP contribution is -2.32. The van der Waals surface area contributed by atoms with Gasteiger partial charge in [0.2, 0.25) is 0 Å². The van der Waals surface area contributed by atoms with Crippen molar-refractivity contribution in [2.24, 2.45) is 4.99 Å². The fourth-order valence-corrected chi connectivity index (χ4v) is 1.94. The summed E-state index contributed by atoms with van der Waals surface area (Å²) < 4.78 is 0. The van der Waals surface area contributed by atoms with E-state index >= 15 is 0 Å². The molecule has 92 valence electrons. The van der Waals surface area contributed by atoms with Gasteiger partial charge < -0.3 is 5.11 Å². The quantitative estimate of drug-likeness (QED) is 0.507. The van der Waals surface area contributed by atoms with E-state index in [0.29, 0.717) is 6.17 Å². The Labute approximate surface area is 98.9 Å². The largest absolute Gasteiger partial charge is 0.395 e. The van der Waals surface area contributed by atoms with Crippen LogP contribution >= 0.6 is 0 Å². The summed E-state index contributed by atoms with van der Waals surface area (Å²) in [6.45, 7) is 4.08. The fraction of sp³-hybridized carbons (Fsp3) is 0.769. The Morgan fingerprint density at radius 1 is 1.44 bits per heavy atom. The summed E-state index contributed by atoms with van der Waals surface area (Å²) in [6, 6.07) is 0. The lowest BCUT2D eigenvalue weighted by molar-refractivity contribution is 0.177. The Morgan fingerprint density at radius 2 is 2.25 bits per heavy atom. The molecule has 0 radical (unpaired) electrons. The van der Waals surface area contributed by atoms with Gasteiger partial charge in [-0.3, -0.25) is 9.89 Å². The number of aliphatic hydroxyl groups excluding tert-OH is 1. The molecule has 0 saturated heterocycles. The van der Waals surface area contributed by atoms with E-state index in [2.05, 4.69) is 29.0 Å². The van der Waals surface area contributed by atoms with Crippen molar-refractivity contribution in [1.29, 1.82) is 0 Å². The number of β-amino-alcohol motifs (C(OH)–C–C–N with tert-alkyl or cyclic N) is 1. The van der Waals surface area contributed by atoms with E-state index in [-0.39, 0.29) is 6.61 Å². The second kappa shape index (κ2) is 8.48. The van der Waals surface area contributed by atoms with Gasteiger partial charge in [-0.15, -0.1) is 0 Å². The highest BCUT2D eigenvalue weighted by Gasteiger charge is 2.19. The van der Waals surface area contributed by atoms with Crippen LogP contribution in [0.2, 0.25) is 0 Å².